The fraction of sp³-hybridized carbons (Fsp3) is 0.750. The Morgan fingerprint density at radius 1 is 0.898 bits per heavy atom. The molecule has 0 aromatic heterocycles. The number of carboxylic acid groups (broad SMARTS) is 1. The van der Waals surface area contributed by atoms with E-state index in [1.54, 1.807) is 12.1 Å². The van der Waals surface area contributed by atoms with Crippen molar-refractivity contribution in [1.82, 2.24) is 10.2 Å². The van der Waals surface area contributed by atoms with Crippen molar-refractivity contribution in [2.45, 2.75) is 130 Å². The highest BCUT2D eigenvalue weighted by Gasteiger charge is 2.70. The number of hydrogen-bond acceptors (Lipinski definition) is 4. The van der Waals surface area contributed by atoms with E-state index < -0.39 is 5.97 Å². The summed E-state index contributed by atoms with van der Waals surface area (Å²) in [6, 6.07) is 7.67. The minimum atomic E-state index is -0.853. The number of rotatable bonds is 7. The van der Waals surface area contributed by atoms with Crippen LogP contribution in [0.2, 0.25) is 0 Å². The van der Waals surface area contributed by atoms with Gasteiger partial charge in [-0.1, -0.05) is 65.0 Å². The quantitative estimate of drug-likeness (QED) is 0.284. The Morgan fingerprint density at radius 2 is 1.61 bits per heavy atom. The number of benzene rings is 1. The normalized spacial score (nSPS) is 45.4. The van der Waals surface area contributed by atoms with Crippen LogP contribution in [0, 0.1) is 51.2 Å². The zero-order chi connectivity index (χ0) is 34.6. The number of carboxylic acids is 1. The molecule has 0 spiro atoms. The standard InChI is InChI=1S/C44H64N2O3/c1-28(2)33-16-21-44(45-24-25-46-26-31-12-13-32(27-46)49-31)23-22-42(6)35(38(33)44)14-15-37-41(5)19-17-34(29-8-10-30(11-9-29)39(47)48)40(3,4)36(41)18-20-43(37,42)7/h8-11,17,31-33,35-38,45H,1,12-16,18-27H2,2-7H3,(H,47,48)/t31?,32?,33-,35+,36-,37+,38+,41-,42+,43+,44-/m0/s1. The highest BCUT2D eigenvalue weighted by atomic mass is 16.5. The van der Waals surface area contributed by atoms with Gasteiger partial charge in [-0.3, -0.25) is 4.90 Å². The molecule has 2 aliphatic heterocycles. The van der Waals surface area contributed by atoms with Gasteiger partial charge in [-0.25, -0.2) is 4.79 Å². The maximum Gasteiger partial charge on any atom is 0.335 e. The van der Waals surface area contributed by atoms with Gasteiger partial charge in [0.25, 0.3) is 0 Å². The lowest BCUT2D eigenvalue weighted by Gasteiger charge is -2.72. The third kappa shape index (κ3) is 5.05. The van der Waals surface area contributed by atoms with Gasteiger partial charge in [0.2, 0.25) is 0 Å². The molecule has 5 heteroatoms. The second-order valence-corrected chi connectivity index (χ2v) is 19.4. The monoisotopic (exact) mass is 668 g/mol. The van der Waals surface area contributed by atoms with Gasteiger partial charge in [0.15, 0.2) is 0 Å². The smallest absolute Gasteiger partial charge is 0.335 e. The third-order valence-electron chi connectivity index (χ3n) is 17.1. The van der Waals surface area contributed by atoms with Crippen LogP contribution in [0.15, 0.2) is 42.5 Å². The zero-order valence-corrected chi connectivity index (χ0v) is 31.5. The van der Waals surface area contributed by atoms with Crippen molar-refractivity contribution >= 4 is 11.5 Å². The second kappa shape index (κ2) is 11.8. The van der Waals surface area contributed by atoms with Gasteiger partial charge < -0.3 is 15.2 Å². The van der Waals surface area contributed by atoms with E-state index in [2.05, 4.69) is 64.4 Å². The van der Waals surface area contributed by atoms with Crippen LogP contribution in [-0.2, 0) is 4.74 Å². The van der Waals surface area contributed by atoms with Crippen LogP contribution in [-0.4, -0.2) is 59.9 Å². The predicted molar refractivity (Wildman–Crippen MR) is 198 cm³/mol. The summed E-state index contributed by atoms with van der Waals surface area (Å²) in [6.07, 6.45) is 17.7. The third-order valence-corrected chi connectivity index (χ3v) is 17.1. The van der Waals surface area contributed by atoms with Crippen molar-refractivity contribution in [3.05, 3.63) is 53.6 Å². The number of nitrogens with zero attached hydrogens (tertiary/aromatic N) is 1. The molecule has 5 nitrogen and oxygen atoms in total. The van der Waals surface area contributed by atoms with Crippen LogP contribution in [0.25, 0.3) is 5.57 Å². The number of fused-ring (bicyclic) bond motifs is 9. The number of hydrogen-bond donors (Lipinski definition) is 2. The van der Waals surface area contributed by atoms with E-state index in [0.29, 0.717) is 52.3 Å². The number of ether oxygens (including phenoxy) is 1. The van der Waals surface area contributed by atoms with Gasteiger partial charge in [0, 0.05) is 31.7 Å². The van der Waals surface area contributed by atoms with E-state index in [1.165, 1.54) is 80.9 Å². The van der Waals surface area contributed by atoms with Crippen molar-refractivity contribution < 1.29 is 14.6 Å². The maximum absolute atomic E-state index is 11.6. The Balaban J connectivity index is 1.05. The Hall–Kier alpha value is -1.95. The molecule has 2 saturated heterocycles. The first kappa shape index (κ1) is 34.2. The number of carbonyl (C=O) groups is 1. The number of morpholine rings is 1. The average Bonchev–Trinajstić information content (AvgIpc) is 3.60. The summed E-state index contributed by atoms with van der Waals surface area (Å²) < 4.78 is 6.15. The van der Waals surface area contributed by atoms with Crippen LogP contribution < -0.4 is 5.32 Å². The fourth-order valence-electron chi connectivity index (χ4n) is 14.7. The summed E-state index contributed by atoms with van der Waals surface area (Å²) in [5.41, 5.74) is 5.64. The second-order valence-electron chi connectivity index (χ2n) is 19.4. The molecule has 0 radical (unpaired) electrons. The lowest BCUT2D eigenvalue weighted by Crippen LogP contribution is -2.68. The minimum absolute atomic E-state index is 0.0406. The molecule has 2 bridgehead atoms. The number of nitrogens with one attached hydrogen (secondary N) is 1. The van der Waals surface area contributed by atoms with E-state index in [4.69, 9.17) is 4.74 Å². The van der Waals surface area contributed by atoms with Crippen molar-refractivity contribution in [3.8, 4) is 0 Å². The first-order valence-electron chi connectivity index (χ1n) is 20.0. The molecular formula is C44H64N2O3. The number of aromatic carboxylic acids is 1. The van der Waals surface area contributed by atoms with E-state index in [-0.39, 0.29) is 16.4 Å². The SMILES string of the molecule is C=C(C)[C@@H]1CC[C@]2(NCCN3CC4CCC(C3)O4)CC[C@]3(C)[C@H](CC[C@@H]4[C@@]5(C)CC=C(c6ccc(C(=O)O)cc6)C(C)(C)[C@@H]5CC[C@]43C)[C@@H]12. The summed E-state index contributed by atoms with van der Waals surface area (Å²) in [6.45, 7) is 24.6. The molecule has 2 heterocycles. The highest BCUT2D eigenvalue weighted by Crippen LogP contribution is 2.76. The van der Waals surface area contributed by atoms with E-state index in [9.17, 15) is 9.90 Å². The van der Waals surface area contributed by atoms with Gasteiger partial charge >= 0.3 is 5.97 Å². The molecule has 8 rings (SSSR count). The van der Waals surface area contributed by atoms with Gasteiger partial charge in [-0.05, 0) is 152 Å². The van der Waals surface area contributed by atoms with Gasteiger partial charge in [0.1, 0.15) is 0 Å². The van der Waals surface area contributed by atoms with Crippen LogP contribution in [0.3, 0.4) is 0 Å². The fourth-order valence-corrected chi connectivity index (χ4v) is 14.7. The molecule has 49 heavy (non-hydrogen) atoms. The van der Waals surface area contributed by atoms with Crippen molar-refractivity contribution in [1.29, 1.82) is 0 Å². The zero-order valence-electron chi connectivity index (χ0n) is 31.5. The molecule has 6 fully saturated rings. The molecule has 11 atom stereocenters. The van der Waals surface area contributed by atoms with Crippen LogP contribution >= 0.6 is 0 Å². The minimum Gasteiger partial charge on any atom is -0.478 e. The molecule has 4 saturated carbocycles. The molecule has 7 aliphatic rings. The van der Waals surface area contributed by atoms with Gasteiger partial charge in [-0.2, -0.15) is 0 Å². The lowest BCUT2D eigenvalue weighted by molar-refractivity contribution is -0.219. The maximum atomic E-state index is 11.6. The van der Waals surface area contributed by atoms with Crippen LogP contribution in [0.1, 0.15) is 128 Å². The molecule has 0 amide bonds. The highest BCUT2D eigenvalue weighted by molar-refractivity contribution is 5.88. The number of allylic oxidation sites excluding steroid dienone is 3. The van der Waals surface area contributed by atoms with Gasteiger partial charge in [-0.15, -0.1) is 0 Å². The first-order chi connectivity index (χ1) is 23.2. The lowest BCUT2D eigenvalue weighted by atomic mass is 9.33. The van der Waals surface area contributed by atoms with Crippen molar-refractivity contribution in [3.63, 3.8) is 0 Å². The Labute approximate surface area is 296 Å². The summed E-state index contributed by atoms with van der Waals surface area (Å²) in [5, 5.41) is 13.8. The van der Waals surface area contributed by atoms with Crippen LogP contribution in [0.5, 0.6) is 0 Å². The van der Waals surface area contributed by atoms with E-state index in [1.807, 2.05) is 12.1 Å². The Bertz CT molecular complexity index is 1500. The summed E-state index contributed by atoms with van der Waals surface area (Å²) in [4.78, 5) is 14.3. The first-order valence-corrected chi connectivity index (χ1v) is 20.0. The number of likely N-dealkylation sites (tertiary alicyclic amines) is 1. The topological polar surface area (TPSA) is 61.8 Å². The van der Waals surface area contributed by atoms with Crippen LogP contribution in [0.4, 0.5) is 0 Å². The summed E-state index contributed by atoms with van der Waals surface area (Å²) in [5.74, 6) is 2.55. The Morgan fingerprint density at radius 3 is 2.29 bits per heavy atom. The van der Waals surface area contributed by atoms with Gasteiger partial charge in [0.05, 0.1) is 17.8 Å². The summed E-state index contributed by atoms with van der Waals surface area (Å²) in [7, 11) is 0. The molecule has 2 unspecified atom stereocenters. The summed E-state index contributed by atoms with van der Waals surface area (Å²) >= 11 is 0. The Kier molecular flexibility index (Phi) is 8.21. The van der Waals surface area contributed by atoms with E-state index >= 15 is 0 Å². The molecule has 268 valence electrons. The molecule has 1 aromatic rings. The largest absolute Gasteiger partial charge is 0.478 e. The molecular weight excluding hydrogens is 604 g/mol. The van der Waals surface area contributed by atoms with Crippen molar-refractivity contribution in [2.75, 3.05) is 26.2 Å². The molecule has 1 aromatic carbocycles. The predicted octanol–water partition coefficient (Wildman–Crippen LogP) is 9.24. The molecule has 2 N–H and O–H groups in total. The molecule has 5 aliphatic carbocycles. The average molecular weight is 669 g/mol. The van der Waals surface area contributed by atoms with E-state index in [0.717, 1.165) is 38.5 Å². The van der Waals surface area contributed by atoms with Crippen molar-refractivity contribution in [2.24, 2.45) is 51.2 Å².